The highest BCUT2D eigenvalue weighted by Crippen LogP contribution is 2.48. The molecule has 0 bridgehead atoms. The molecule has 0 heterocycles. The van der Waals surface area contributed by atoms with Gasteiger partial charge in [0.2, 0.25) is 0 Å². The summed E-state index contributed by atoms with van der Waals surface area (Å²) in [6.07, 6.45) is 2.83. The molecule has 1 fully saturated rings. The minimum absolute atomic E-state index is 0.130. The van der Waals surface area contributed by atoms with Crippen molar-refractivity contribution < 1.29 is 4.74 Å². The first kappa shape index (κ1) is 13.4. The van der Waals surface area contributed by atoms with Gasteiger partial charge in [0.15, 0.2) is 0 Å². The van der Waals surface area contributed by atoms with Crippen molar-refractivity contribution in [1.82, 2.24) is 5.32 Å². The van der Waals surface area contributed by atoms with Crippen LogP contribution in [0, 0.1) is 16.7 Å². The van der Waals surface area contributed by atoms with E-state index < -0.39 is 0 Å². The average molecular weight is 309 g/mol. The Morgan fingerprint density at radius 3 is 2.89 bits per heavy atom. The first-order valence-corrected chi connectivity index (χ1v) is 6.91. The molecule has 1 aromatic carbocycles. The third-order valence-electron chi connectivity index (χ3n) is 3.34. The number of ether oxygens (including phenoxy) is 1. The number of nitriles is 1. The van der Waals surface area contributed by atoms with Gasteiger partial charge >= 0.3 is 0 Å². The quantitative estimate of drug-likeness (QED) is 0.877. The fourth-order valence-corrected chi connectivity index (χ4v) is 2.31. The van der Waals surface area contributed by atoms with Gasteiger partial charge in [-0.2, -0.15) is 5.26 Å². The van der Waals surface area contributed by atoms with Crippen LogP contribution in [0.15, 0.2) is 22.7 Å². The molecule has 0 radical (unpaired) electrons. The third-order valence-corrected chi connectivity index (χ3v) is 4.11. The van der Waals surface area contributed by atoms with E-state index in [9.17, 15) is 0 Å². The summed E-state index contributed by atoms with van der Waals surface area (Å²) in [5.41, 5.74) is 1.31. The van der Waals surface area contributed by atoms with Crippen molar-refractivity contribution in [2.24, 2.45) is 5.41 Å². The lowest BCUT2D eigenvalue weighted by molar-refractivity contribution is 0.236. The molecule has 0 unspecified atom stereocenters. The topological polar surface area (TPSA) is 45.0 Å². The van der Waals surface area contributed by atoms with Gasteiger partial charge in [-0.1, -0.05) is 15.9 Å². The fourth-order valence-electron chi connectivity index (χ4n) is 1.92. The van der Waals surface area contributed by atoms with Crippen LogP contribution in [-0.4, -0.2) is 13.7 Å². The van der Waals surface area contributed by atoms with Gasteiger partial charge in [-0.25, -0.2) is 0 Å². The maximum absolute atomic E-state index is 8.77. The summed E-state index contributed by atoms with van der Waals surface area (Å²) in [4.78, 5) is 0. The van der Waals surface area contributed by atoms with E-state index in [1.165, 1.54) is 5.56 Å². The van der Waals surface area contributed by atoms with Gasteiger partial charge in [0.1, 0.15) is 5.75 Å². The second kappa shape index (κ2) is 5.73. The maximum Gasteiger partial charge on any atom is 0.119 e. The predicted molar refractivity (Wildman–Crippen MR) is 74.3 cm³/mol. The third kappa shape index (κ3) is 3.24. The largest absolute Gasteiger partial charge is 0.493 e. The Balaban J connectivity index is 1.97. The van der Waals surface area contributed by atoms with E-state index in [-0.39, 0.29) is 5.41 Å². The zero-order chi connectivity index (χ0) is 13.0. The molecular weight excluding hydrogens is 292 g/mol. The Bertz CT molecular complexity index is 463. The van der Waals surface area contributed by atoms with Gasteiger partial charge in [-0.3, -0.25) is 0 Å². The highest BCUT2D eigenvalue weighted by molar-refractivity contribution is 9.10. The smallest absolute Gasteiger partial charge is 0.119 e. The molecule has 1 aliphatic carbocycles. The zero-order valence-corrected chi connectivity index (χ0v) is 12.1. The monoisotopic (exact) mass is 308 g/mol. The highest BCUT2D eigenvalue weighted by atomic mass is 79.9. The van der Waals surface area contributed by atoms with Crippen LogP contribution in [0.3, 0.4) is 0 Å². The van der Waals surface area contributed by atoms with E-state index in [4.69, 9.17) is 10.00 Å². The zero-order valence-electron chi connectivity index (χ0n) is 10.5. The number of benzene rings is 1. The minimum Gasteiger partial charge on any atom is -0.493 e. The van der Waals surface area contributed by atoms with Crippen molar-refractivity contribution in [2.75, 3.05) is 13.7 Å². The standard InChI is InChI=1S/C14H17BrN2O/c1-17-9-11-8-12(2-3-13(11)15)18-10-14(4-5-14)6-7-16/h2-3,8,17H,4-6,9-10H2,1H3. The predicted octanol–water partition coefficient (Wildman–Crippen LogP) is 3.24. The molecule has 0 saturated heterocycles. The molecule has 0 spiro atoms. The van der Waals surface area contributed by atoms with E-state index in [0.29, 0.717) is 13.0 Å². The molecule has 0 amide bonds. The summed E-state index contributed by atoms with van der Waals surface area (Å²) >= 11 is 3.52. The SMILES string of the molecule is CNCc1cc(OCC2(CC#N)CC2)ccc1Br. The Labute approximate surface area is 116 Å². The fraction of sp³-hybridized carbons (Fsp3) is 0.500. The number of hydrogen-bond acceptors (Lipinski definition) is 3. The minimum atomic E-state index is 0.130. The van der Waals surface area contributed by atoms with Crippen LogP contribution in [0.2, 0.25) is 0 Å². The van der Waals surface area contributed by atoms with E-state index in [1.54, 1.807) is 0 Å². The summed E-state index contributed by atoms with van der Waals surface area (Å²) in [6, 6.07) is 8.26. The molecule has 1 aromatic rings. The number of nitrogens with zero attached hydrogens (tertiary/aromatic N) is 1. The van der Waals surface area contributed by atoms with E-state index in [2.05, 4.69) is 27.3 Å². The lowest BCUT2D eigenvalue weighted by Crippen LogP contribution is -2.13. The van der Waals surface area contributed by atoms with Crippen molar-refractivity contribution in [3.8, 4) is 11.8 Å². The molecule has 96 valence electrons. The summed E-state index contributed by atoms with van der Waals surface area (Å²) in [5.74, 6) is 0.882. The van der Waals surface area contributed by atoms with Crippen molar-refractivity contribution in [3.05, 3.63) is 28.2 Å². The Morgan fingerprint density at radius 1 is 1.50 bits per heavy atom. The average Bonchev–Trinajstić information content (AvgIpc) is 3.11. The highest BCUT2D eigenvalue weighted by Gasteiger charge is 2.43. The van der Waals surface area contributed by atoms with E-state index >= 15 is 0 Å². The van der Waals surface area contributed by atoms with Crippen LogP contribution in [0.1, 0.15) is 24.8 Å². The lowest BCUT2D eigenvalue weighted by atomic mass is 10.1. The molecular formula is C14H17BrN2O. The molecule has 1 N–H and O–H groups in total. The van der Waals surface area contributed by atoms with Crippen LogP contribution in [0.4, 0.5) is 0 Å². The molecule has 0 atom stereocenters. The van der Waals surface area contributed by atoms with Crippen molar-refractivity contribution in [3.63, 3.8) is 0 Å². The second-order valence-electron chi connectivity index (χ2n) is 4.91. The summed E-state index contributed by atoms with van der Waals surface area (Å²) in [5, 5.41) is 11.9. The summed E-state index contributed by atoms with van der Waals surface area (Å²) in [6.45, 7) is 1.46. The Morgan fingerprint density at radius 2 is 2.28 bits per heavy atom. The van der Waals surface area contributed by atoms with Gasteiger partial charge in [0.05, 0.1) is 12.7 Å². The van der Waals surface area contributed by atoms with E-state index in [0.717, 1.165) is 29.6 Å². The molecule has 3 nitrogen and oxygen atoms in total. The molecule has 18 heavy (non-hydrogen) atoms. The molecule has 0 aliphatic heterocycles. The first-order valence-electron chi connectivity index (χ1n) is 6.12. The van der Waals surface area contributed by atoms with Gasteiger partial charge in [-0.15, -0.1) is 0 Å². The molecule has 1 aliphatic rings. The number of hydrogen-bond donors (Lipinski definition) is 1. The van der Waals surface area contributed by atoms with Crippen molar-refractivity contribution in [2.45, 2.75) is 25.8 Å². The van der Waals surface area contributed by atoms with Crippen LogP contribution in [0.25, 0.3) is 0 Å². The summed E-state index contributed by atoms with van der Waals surface area (Å²) in [7, 11) is 1.92. The van der Waals surface area contributed by atoms with Crippen LogP contribution in [-0.2, 0) is 6.54 Å². The van der Waals surface area contributed by atoms with Gasteiger partial charge in [0.25, 0.3) is 0 Å². The normalized spacial score (nSPS) is 16.1. The number of halogens is 1. The number of rotatable bonds is 6. The van der Waals surface area contributed by atoms with Crippen LogP contribution >= 0.6 is 15.9 Å². The van der Waals surface area contributed by atoms with Gasteiger partial charge < -0.3 is 10.1 Å². The van der Waals surface area contributed by atoms with E-state index in [1.807, 2.05) is 25.2 Å². The molecule has 0 aromatic heterocycles. The first-order chi connectivity index (χ1) is 8.69. The molecule has 2 rings (SSSR count). The second-order valence-corrected chi connectivity index (χ2v) is 5.76. The van der Waals surface area contributed by atoms with Crippen LogP contribution < -0.4 is 10.1 Å². The Kier molecular flexibility index (Phi) is 4.26. The summed E-state index contributed by atoms with van der Waals surface area (Å²) < 4.78 is 6.91. The Hall–Kier alpha value is -1.05. The van der Waals surface area contributed by atoms with Crippen molar-refractivity contribution in [1.29, 1.82) is 5.26 Å². The number of nitrogens with one attached hydrogen (secondary N) is 1. The van der Waals surface area contributed by atoms with Gasteiger partial charge in [-0.05, 0) is 43.7 Å². The lowest BCUT2D eigenvalue weighted by Gasteiger charge is -2.14. The molecule has 1 saturated carbocycles. The van der Waals surface area contributed by atoms with Crippen LogP contribution in [0.5, 0.6) is 5.75 Å². The van der Waals surface area contributed by atoms with Gasteiger partial charge in [0, 0.05) is 22.9 Å². The molecule has 4 heteroatoms. The van der Waals surface area contributed by atoms with Crippen molar-refractivity contribution >= 4 is 15.9 Å². The maximum atomic E-state index is 8.77.